The Morgan fingerprint density at radius 3 is 2.45 bits per heavy atom. The van der Waals surface area contributed by atoms with Crippen molar-refractivity contribution in [3.63, 3.8) is 0 Å². The summed E-state index contributed by atoms with van der Waals surface area (Å²) < 4.78 is 13.5. The van der Waals surface area contributed by atoms with E-state index in [1.165, 1.54) is 19.1 Å². The predicted molar refractivity (Wildman–Crippen MR) is 77.8 cm³/mol. The van der Waals surface area contributed by atoms with Crippen molar-refractivity contribution in [1.29, 1.82) is 0 Å². The quantitative estimate of drug-likeness (QED) is 0.794. The number of nitrogens with one attached hydrogen (secondary N) is 2. The van der Waals surface area contributed by atoms with E-state index in [0.717, 1.165) is 6.07 Å². The van der Waals surface area contributed by atoms with Crippen molar-refractivity contribution in [2.24, 2.45) is 11.8 Å². The predicted octanol–water partition coefficient (Wildman–Crippen LogP) is 2.22. The number of benzene rings is 1. The molecule has 7 heteroatoms. The second kappa shape index (κ2) is 6.55. The summed E-state index contributed by atoms with van der Waals surface area (Å²) in [4.78, 5) is 34.0. The molecule has 0 spiro atoms. The van der Waals surface area contributed by atoms with Crippen LogP contribution in [0, 0.1) is 17.7 Å². The highest BCUT2D eigenvalue weighted by atomic mass is 19.1. The van der Waals surface area contributed by atoms with Crippen LogP contribution in [0.5, 0.6) is 0 Å². The molecule has 0 heterocycles. The van der Waals surface area contributed by atoms with Crippen molar-refractivity contribution in [1.82, 2.24) is 0 Å². The first kappa shape index (κ1) is 15.9. The summed E-state index contributed by atoms with van der Waals surface area (Å²) in [6.07, 6.45) is 1.30. The third-order valence-corrected chi connectivity index (χ3v) is 3.70. The number of aliphatic carboxylic acids is 1. The molecule has 6 nitrogen and oxygen atoms in total. The molecule has 0 unspecified atom stereocenters. The zero-order chi connectivity index (χ0) is 16.3. The van der Waals surface area contributed by atoms with Gasteiger partial charge in [-0.05, 0) is 37.5 Å². The van der Waals surface area contributed by atoms with Crippen LogP contribution in [0.3, 0.4) is 0 Å². The molecule has 3 N–H and O–H groups in total. The summed E-state index contributed by atoms with van der Waals surface area (Å²) in [7, 11) is 0. The molecule has 2 atom stereocenters. The highest BCUT2D eigenvalue weighted by molar-refractivity contribution is 5.95. The van der Waals surface area contributed by atoms with E-state index in [9.17, 15) is 18.8 Å². The first-order valence-corrected chi connectivity index (χ1v) is 6.97. The summed E-state index contributed by atoms with van der Waals surface area (Å²) in [5.74, 6) is -3.04. The molecule has 1 aromatic carbocycles. The lowest BCUT2D eigenvalue weighted by molar-refractivity contribution is -0.141. The van der Waals surface area contributed by atoms with Crippen LogP contribution in [0.4, 0.5) is 15.8 Å². The number of hydrogen-bond acceptors (Lipinski definition) is 3. The number of hydrogen-bond donors (Lipinski definition) is 3. The molecule has 1 fully saturated rings. The second-order valence-corrected chi connectivity index (χ2v) is 5.41. The summed E-state index contributed by atoms with van der Waals surface area (Å²) in [6.45, 7) is 1.26. The van der Waals surface area contributed by atoms with E-state index in [-0.39, 0.29) is 17.5 Å². The second-order valence-electron chi connectivity index (χ2n) is 5.41. The van der Waals surface area contributed by atoms with E-state index in [4.69, 9.17) is 5.11 Å². The molecule has 2 rings (SSSR count). The number of carbonyl (C=O) groups excluding carboxylic acids is 2. The molecule has 1 saturated carbocycles. The minimum absolute atomic E-state index is 0.0138. The number of amides is 2. The van der Waals surface area contributed by atoms with Gasteiger partial charge in [0.2, 0.25) is 11.8 Å². The van der Waals surface area contributed by atoms with Crippen LogP contribution >= 0.6 is 0 Å². The van der Waals surface area contributed by atoms with E-state index < -0.39 is 23.6 Å². The van der Waals surface area contributed by atoms with Crippen molar-refractivity contribution >= 4 is 29.2 Å². The first-order chi connectivity index (χ1) is 10.4. The van der Waals surface area contributed by atoms with Gasteiger partial charge >= 0.3 is 5.97 Å². The van der Waals surface area contributed by atoms with Gasteiger partial charge in [0.05, 0.1) is 11.6 Å². The lowest BCUT2D eigenvalue weighted by Gasteiger charge is -2.12. The van der Waals surface area contributed by atoms with E-state index in [2.05, 4.69) is 10.6 Å². The minimum atomic E-state index is -0.884. The fourth-order valence-electron chi connectivity index (χ4n) is 2.58. The number of anilines is 2. The van der Waals surface area contributed by atoms with Gasteiger partial charge in [0.25, 0.3) is 0 Å². The number of halogens is 1. The number of rotatable bonds is 4. The fraction of sp³-hybridized carbons (Fsp3) is 0.400. The molecule has 1 aliphatic carbocycles. The van der Waals surface area contributed by atoms with Crippen LogP contribution in [-0.2, 0) is 14.4 Å². The Balaban J connectivity index is 2.03. The largest absolute Gasteiger partial charge is 0.481 e. The van der Waals surface area contributed by atoms with Gasteiger partial charge in [-0.25, -0.2) is 4.39 Å². The zero-order valence-corrected chi connectivity index (χ0v) is 12.1. The molecule has 1 aromatic rings. The highest BCUT2D eigenvalue weighted by Gasteiger charge is 2.33. The smallest absolute Gasteiger partial charge is 0.306 e. The molecular formula is C15H17FN2O4. The molecule has 1 aliphatic rings. The summed E-state index contributed by atoms with van der Waals surface area (Å²) >= 11 is 0. The molecule has 0 saturated heterocycles. The maximum atomic E-state index is 13.5. The van der Waals surface area contributed by atoms with Gasteiger partial charge in [0.15, 0.2) is 0 Å². The molecule has 2 amide bonds. The lowest BCUT2D eigenvalue weighted by atomic mass is 10.0. The Bertz CT molecular complexity index is 618. The van der Waals surface area contributed by atoms with Crippen molar-refractivity contribution < 1.29 is 23.9 Å². The fourth-order valence-corrected chi connectivity index (χ4v) is 2.58. The Kier molecular flexibility index (Phi) is 4.75. The van der Waals surface area contributed by atoms with Crippen molar-refractivity contribution in [2.75, 3.05) is 10.6 Å². The van der Waals surface area contributed by atoms with Crippen LogP contribution in [0.25, 0.3) is 0 Å². The van der Waals surface area contributed by atoms with E-state index in [0.29, 0.717) is 24.9 Å². The van der Waals surface area contributed by atoms with Crippen LogP contribution < -0.4 is 10.6 Å². The SMILES string of the molecule is CC(=O)Nc1cc(NC(=O)[C@@H]2CC[C@H](C(=O)O)C2)ccc1F. The zero-order valence-electron chi connectivity index (χ0n) is 12.1. The topological polar surface area (TPSA) is 95.5 Å². The van der Waals surface area contributed by atoms with Crippen LogP contribution in [0.15, 0.2) is 18.2 Å². The number of carboxylic acids is 1. The van der Waals surface area contributed by atoms with Gasteiger partial charge in [-0.1, -0.05) is 0 Å². The molecular weight excluding hydrogens is 291 g/mol. The molecule has 0 aliphatic heterocycles. The maximum absolute atomic E-state index is 13.5. The Morgan fingerprint density at radius 1 is 1.18 bits per heavy atom. The monoisotopic (exact) mass is 308 g/mol. The summed E-state index contributed by atoms with van der Waals surface area (Å²) in [5.41, 5.74) is 0.342. The normalized spacial score (nSPS) is 20.5. The lowest BCUT2D eigenvalue weighted by Crippen LogP contribution is -2.22. The summed E-state index contributed by atoms with van der Waals surface area (Å²) in [6, 6.07) is 3.87. The van der Waals surface area contributed by atoms with Gasteiger partial charge < -0.3 is 15.7 Å². The number of carboxylic acid groups (broad SMARTS) is 1. The average Bonchev–Trinajstić information content (AvgIpc) is 2.92. The Hall–Kier alpha value is -2.44. The van der Waals surface area contributed by atoms with Crippen LogP contribution in [0.1, 0.15) is 26.2 Å². The average molecular weight is 308 g/mol. The van der Waals surface area contributed by atoms with Crippen molar-refractivity contribution in [3.8, 4) is 0 Å². The van der Waals surface area contributed by atoms with Crippen LogP contribution in [-0.4, -0.2) is 22.9 Å². The standard InChI is InChI=1S/C15H17FN2O4/c1-8(19)17-13-7-11(4-5-12(13)16)18-14(20)9-2-3-10(6-9)15(21)22/h4-5,7,9-10H,2-3,6H2,1H3,(H,17,19)(H,18,20)(H,21,22)/t9-,10+/m1/s1. The minimum Gasteiger partial charge on any atom is -0.481 e. The van der Waals surface area contributed by atoms with E-state index in [1.54, 1.807) is 0 Å². The molecule has 0 aromatic heterocycles. The first-order valence-electron chi connectivity index (χ1n) is 6.97. The summed E-state index contributed by atoms with van der Waals surface area (Å²) in [5, 5.41) is 13.9. The van der Waals surface area contributed by atoms with Crippen molar-refractivity contribution in [2.45, 2.75) is 26.2 Å². The Morgan fingerprint density at radius 2 is 1.86 bits per heavy atom. The van der Waals surface area contributed by atoms with Gasteiger partial charge in [-0.3, -0.25) is 14.4 Å². The maximum Gasteiger partial charge on any atom is 0.306 e. The molecule has 0 bridgehead atoms. The highest BCUT2D eigenvalue weighted by Crippen LogP contribution is 2.32. The number of carbonyl (C=O) groups is 3. The van der Waals surface area contributed by atoms with Gasteiger partial charge in [0, 0.05) is 18.5 Å². The van der Waals surface area contributed by atoms with E-state index in [1.807, 2.05) is 0 Å². The molecule has 118 valence electrons. The van der Waals surface area contributed by atoms with Gasteiger partial charge in [0.1, 0.15) is 5.82 Å². The van der Waals surface area contributed by atoms with Gasteiger partial charge in [-0.2, -0.15) is 0 Å². The van der Waals surface area contributed by atoms with Crippen molar-refractivity contribution in [3.05, 3.63) is 24.0 Å². The van der Waals surface area contributed by atoms with E-state index >= 15 is 0 Å². The van der Waals surface area contributed by atoms with Gasteiger partial charge in [-0.15, -0.1) is 0 Å². The third kappa shape index (κ3) is 3.81. The third-order valence-electron chi connectivity index (χ3n) is 3.70. The molecule has 22 heavy (non-hydrogen) atoms. The Labute approximate surface area is 126 Å². The molecule has 0 radical (unpaired) electrons. The van der Waals surface area contributed by atoms with Crippen LogP contribution in [0.2, 0.25) is 0 Å².